The van der Waals surface area contributed by atoms with Crippen LogP contribution in [0.3, 0.4) is 0 Å². The van der Waals surface area contributed by atoms with Crippen LogP contribution >= 0.6 is 0 Å². The van der Waals surface area contributed by atoms with Crippen LogP contribution in [-0.4, -0.2) is 35.2 Å². The molecule has 0 rings (SSSR count). The Hall–Kier alpha value is -8.79. The Morgan fingerprint density at radius 1 is 0.438 bits per heavy atom. The number of nitriles is 12. The molecular weight excluding hydrogens is 808 g/mol. The Bertz CT molecular complexity index is 1450. The van der Waals surface area contributed by atoms with Crippen molar-refractivity contribution in [2.75, 3.05) is 0 Å². The summed E-state index contributed by atoms with van der Waals surface area (Å²) in [5, 5.41) is 168. The van der Waals surface area contributed by atoms with Gasteiger partial charge in [0.25, 0.3) is 0 Å². The van der Waals surface area contributed by atoms with Crippen LogP contribution in [0, 0.1) is 163 Å². The van der Waals surface area contributed by atoms with E-state index in [4.69, 9.17) is 124 Å². The van der Waals surface area contributed by atoms with Crippen molar-refractivity contribution in [1.82, 2.24) is 0 Å². The third-order valence-corrected chi connectivity index (χ3v) is 12.0. The Morgan fingerprint density at radius 2 is 0.542 bits per heavy atom. The number of hydrogen-bond donors (Lipinski definition) is 6. The minimum atomic E-state index is -8.25. The third kappa shape index (κ3) is 10.2. The summed E-state index contributed by atoms with van der Waals surface area (Å²) in [6.07, 6.45) is 0. The van der Waals surface area contributed by atoms with Crippen molar-refractivity contribution < 1.29 is 72.4 Å². The first kappa shape index (κ1) is 62.7. The van der Waals surface area contributed by atoms with Gasteiger partial charge in [0.2, 0.25) is 0 Å². The average molecular weight is 814 g/mol. The Morgan fingerprint density at radius 3 is 0.542 bits per heavy atom. The van der Waals surface area contributed by atoms with Gasteiger partial charge >= 0.3 is 157 Å². The number of hydrogen-bond acceptors (Lipinski definition) is 26. The van der Waals surface area contributed by atoms with E-state index in [0.717, 1.165) is 30.0 Å². The summed E-state index contributed by atoms with van der Waals surface area (Å²) in [5.41, 5.74) is 0. The number of nitro groups is 1. The van der Waals surface area contributed by atoms with Gasteiger partial charge in [-0.2, -0.15) is 0 Å². The molecule has 259 valence electrons. The van der Waals surface area contributed by atoms with Gasteiger partial charge in [-0.15, -0.1) is 29.4 Å². The van der Waals surface area contributed by atoms with E-state index in [9.17, 15) is 10.1 Å². The van der Waals surface area contributed by atoms with Crippen molar-refractivity contribution >= 4 is 0 Å². The van der Waals surface area contributed by atoms with E-state index in [2.05, 4.69) is 0 Å². The molecule has 0 amide bonds. The zero-order valence-corrected chi connectivity index (χ0v) is 24.7. The molecule has 0 fully saturated rings. The van der Waals surface area contributed by atoms with Crippen molar-refractivity contribution in [2.45, 2.75) is 0 Å². The van der Waals surface area contributed by atoms with Crippen LogP contribution in [0.15, 0.2) is 32.0 Å². The van der Waals surface area contributed by atoms with Crippen LogP contribution in [0.1, 0.15) is 0 Å². The van der Waals surface area contributed by atoms with Crippen molar-refractivity contribution in [3.8, 4) is 59.8 Å². The smallest absolute Gasteiger partial charge is 0.152 e. The maximum atomic E-state index is 10.9. The van der Waals surface area contributed by atoms with Crippen LogP contribution in [0.4, 0.5) is 0 Å². The molecule has 0 unspecified atom stereocenters. The Balaban J connectivity index is -0.0000000601. The molecule has 0 saturated carbocycles. The number of nitrogens with zero attached hydrogens (tertiary/aromatic N) is 19. The quantitative estimate of drug-likeness (QED) is 0.0921. The molecule has 0 atom stereocenters. The minimum Gasteiger partial charge on any atom is -0.379 e. The number of rotatable bonds is 1. The van der Waals surface area contributed by atoms with Gasteiger partial charge in [-0.3, -0.25) is 0 Å². The van der Waals surface area contributed by atoms with Crippen LogP contribution in [-0.2, 0) is 37.2 Å². The summed E-state index contributed by atoms with van der Waals surface area (Å²) in [4.78, 5) is 62.8. The SMILES string of the molecule is N#[C][Co]([C]#N)([C]#N)([C]#N)([C]#N)[C]#N.N#[C][Fe]([C]#N)([C]#N)([C]#N)([C]#N)([C]#N)[N+](=O)[O-].O=NO.O=NO.O=NO.O=NO.O=NO.O=NO.[Co]. The molecule has 0 aliphatic rings. The Kier molecular flexibility index (Phi) is 29.7. The maximum Gasteiger partial charge on any atom is 0.152 e. The van der Waals surface area contributed by atoms with Crippen molar-refractivity contribution in [3.63, 3.8) is 0 Å². The zero-order chi connectivity index (χ0) is 40.1. The van der Waals surface area contributed by atoms with Gasteiger partial charge < -0.3 is 31.2 Å². The molecule has 1 radical (unpaired) electrons. The molecule has 0 spiro atoms. The molecular formula is C12H6Co2FeN19O14. The molecule has 0 saturated heterocycles. The minimum absolute atomic E-state index is 0. The van der Waals surface area contributed by atoms with E-state index in [1.807, 2.05) is 0 Å². The molecule has 0 aliphatic heterocycles. The standard InChI is InChI=1S/12CN.2Co.Fe.6HNO2.NO2/c12*1-2;;;;7*2-1-3/h;;;;;;;;;;;;;;;6*(H,2,3);. The second kappa shape index (κ2) is 22.8. The summed E-state index contributed by atoms with van der Waals surface area (Å²) in [6.45, 7) is 0. The molecule has 48 heavy (non-hydrogen) atoms. The van der Waals surface area contributed by atoms with Gasteiger partial charge in [-0.25, -0.2) is 0 Å². The van der Waals surface area contributed by atoms with Gasteiger partial charge in [0.05, 0.1) is 0 Å². The van der Waals surface area contributed by atoms with E-state index >= 15 is 0 Å². The largest absolute Gasteiger partial charge is 0.379 e. The first-order valence-electron chi connectivity index (χ1n) is 7.56. The van der Waals surface area contributed by atoms with Gasteiger partial charge in [-0.1, -0.05) is 0 Å². The summed E-state index contributed by atoms with van der Waals surface area (Å²) >= 11 is 0. The van der Waals surface area contributed by atoms with E-state index in [1.54, 1.807) is 0 Å². The average Bonchev–Trinajstić information content (AvgIpc) is 3.09. The molecule has 0 aliphatic carbocycles. The van der Waals surface area contributed by atoms with E-state index in [0.29, 0.717) is 29.8 Å². The van der Waals surface area contributed by atoms with E-state index in [-0.39, 0.29) is 16.8 Å². The zero-order valence-electron chi connectivity index (χ0n) is 21.5. The summed E-state index contributed by atoms with van der Waals surface area (Å²) in [6, 6.07) is 0. The molecule has 0 bridgehead atoms. The van der Waals surface area contributed by atoms with Crippen LogP contribution in [0.2, 0.25) is 0 Å². The fourth-order valence-corrected chi connectivity index (χ4v) is 2.84. The van der Waals surface area contributed by atoms with Crippen molar-refractivity contribution in [3.05, 3.63) is 39.6 Å². The monoisotopic (exact) mass is 814 g/mol. The van der Waals surface area contributed by atoms with Gasteiger partial charge in [-0.05, 0) is 0 Å². The molecule has 0 aromatic rings. The Labute approximate surface area is 266 Å². The fraction of sp³-hybridized carbons (Fsp3) is 0. The topological polar surface area (TPSA) is 627 Å². The fourth-order valence-electron chi connectivity index (χ4n) is 0.688. The molecule has 6 N–H and O–H groups in total. The van der Waals surface area contributed by atoms with Gasteiger partial charge in [0.15, 0.2) is 32.0 Å². The second-order valence-electron chi connectivity index (χ2n) is 4.67. The predicted molar refractivity (Wildman–Crippen MR) is 120 cm³/mol. The molecule has 0 heterocycles. The van der Waals surface area contributed by atoms with Crippen molar-refractivity contribution in [1.29, 1.82) is 63.1 Å². The maximum absolute atomic E-state index is 10.9. The predicted octanol–water partition coefficient (Wildman–Crippen LogP) is 0.773. The second-order valence-corrected chi connectivity index (χ2v) is 17.5. The summed E-state index contributed by atoms with van der Waals surface area (Å²) in [7, 11) is -14.3. The van der Waals surface area contributed by atoms with Crippen LogP contribution in [0.5, 0.6) is 0 Å². The summed E-state index contributed by atoms with van der Waals surface area (Å²) < 4.78 is -1.94. The first-order chi connectivity index (χ1) is 21.7. The molecule has 0 aromatic heterocycles. The normalized spacial score (nSPS) is 10.3. The van der Waals surface area contributed by atoms with Crippen molar-refractivity contribution in [2.24, 2.45) is 32.0 Å². The van der Waals surface area contributed by atoms with Gasteiger partial charge in [0.1, 0.15) is 0 Å². The van der Waals surface area contributed by atoms with E-state index in [1.165, 1.54) is 32.0 Å². The first-order valence-corrected chi connectivity index (χ1v) is 14.5. The molecule has 33 nitrogen and oxygen atoms in total. The summed E-state index contributed by atoms with van der Waals surface area (Å²) in [5.74, 6) is 0. The molecule has 0 aromatic carbocycles. The van der Waals surface area contributed by atoms with Crippen LogP contribution in [0.25, 0.3) is 0 Å². The third-order valence-electron chi connectivity index (χ3n) is 2.90. The van der Waals surface area contributed by atoms with E-state index < -0.39 is 24.4 Å². The molecule has 36 heteroatoms. The van der Waals surface area contributed by atoms with Crippen LogP contribution < -0.4 is 0 Å². The van der Waals surface area contributed by atoms with Gasteiger partial charge in [0, 0.05) is 16.8 Å².